The molecule has 2 aromatic carbocycles. The third-order valence-corrected chi connectivity index (χ3v) is 7.04. The highest BCUT2D eigenvalue weighted by molar-refractivity contribution is 9.10. The molecule has 1 heterocycles. The zero-order valence-electron chi connectivity index (χ0n) is 17.9. The lowest BCUT2D eigenvalue weighted by Crippen LogP contribution is -2.34. The molecule has 3 aromatic rings. The Balaban J connectivity index is 2.00. The van der Waals surface area contributed by atoms with Crippen LogP contribution in [0.15, 0.2) is 40.9 Å². The van der Waals surface area contributed by atoms with Gasteiger partial charge in [0.2, 0.25) is 10.0 Å². The topological polar surface area (TPSA) is 101 Å². The van der Waals surface area contributed by atoms with Crippen molar-refractivity contribution in [1.82, 2.24) is 15.1 Å². The molecule has 1 aliphatic carbocycles. The fourth-order valence-corrected chi connectivity index (χ4v) is 4.96. The summed E-state index contributed by atoms with van der Waals surface area (Å²) in [4.78, 5) is 24.7. The molecule has 1 aliphatic rings. The van der Waals surface area contributed by atoms with E-state index in [0.717, 1.165) is 33.4 Å². The molecule has 1 aromatic heterocycles. The van der Waals surface area contributed by atoms with E-state index in [1.54, 1.807) is 17.8 Å². The number of benzene rings is 2. The summed E-state index contributed by atoms with van der Waals surface area (Å²) in [5.41, 5.74) is 2.80. The van der Waals surface area contributed by atoms with Gasteiger partial charge >= 0.3 is 0 Å². The molecule has 0 bridgehead atoms. The molecule has 0 saturated heterocycles. The number of carbonyl (C=O) groups is 2. The van der Waals surface area contributed by atoms with Gasteiger partial charge in [0.25, 0.3) is 5.91 Å². The zero-order valence-corrected chi connectivity index (χ0v) is 20.3. The number of fused-ring (bicyclic) bond motifs is 1. The van der Waals surface area contributed by atoms with E-state index in [9.17, 15) is 18.0 Å². The van der Waals surface area contributed by atoms with Gasteiger partial charge in [-0.25, -0.2) is 13.1 Å². The van der Waals surface area contributed by atoms with Gasteiger partial charge in [0.1, 0.15) is 11.5 Å². The second-order valence-corrected chi connectivity index (χ2v) is 10.8. The van der Waals surface area contributed by atoms with Gasteiger partial charge in [-0.05, 0) is 67.6 Å². The summed E-state index contributed by atoms with van der Waals surface area (Å²) < 4.78 is 28.7. The predicted molar refractivity (Wildman–Crippen MR) is 127 cm³/mol. The van der Waals surface area contributed by atoms with Gasteiger partial charge < -0.3 is 5.32 Å². The van der Waals surface area contributed by atoms with Crippen molar-refractivity contribution in [1.29, 1.82) is 0 Å². The summed E-state index contributed by atoms with van der Waals surface area (Å²) in [6.45, 7) is 1.11. The third-order valence-electron chi connectivity index (χ3n) is 5.39. The van der Waals surface area contributed by atoms with Gasteiger partial charge in [-0.15, -0.1) is 0 Å². The molecule has 0 radical (unpaired) electrons. The Morgan fingerprint density at radius 2 is 1.88 bits per heavy atom. The minimum absolute atomic E-state index is 0.180. The third kappa shape index (κ3) is 4.29. The van der Waals surface area contributed by atoms with Crippen LogP contribution in [0.25, 0.3) is 16.6 Å². The Morgan fingerprint density at radius 3 is 2.41 bits per heavy atom. The number of hydrogen-bond donors (Lipinski definition) is 1. The van der Waals surface area contributed by atoms with Gasteiger partial charge in [0.15, 0.2) is 0 Å². The lowest BCUT2D eigenvalue weighted by atomic mass is 10.0. The van der Waals surface area contributed by atoms with E-state index >= 15 is 0 Å². The molecule has 1 N–H and O–H groups in total. The van der Waals surface area contributed by atoms with Crippen LogP contribution in [0.3, 0.4) is 0 Å². The van der Waals surface area contributed by atoms with Crippen LogP contribution in [0.2, 0.25) is 0 Å². The first-order chi connectivity index (χ1) is 15.1. The van der Waals surface area contributed by atoms with E-state index in [1.165, 1.54) is 6.92 Å². The second kappa shape index (κ2) is 8.32. The molecule has 1 saturated carbocycles. The summed E-state index contributed by atoms with van der Waals surface area (Å²) in [6, 6.07) is 10.9. The number of aromatic nitrogens is 2. The minimum atomic E-state index is -3.70. The maximum absolute atomic E-state index is 12.8. The highest BCUT2D eigenvalue weighted by atomic mass is 79.9. The molecule has 0 atom stereocenters. The second-order valence-electron chi connectivity index (χ2n) is 7.99. The maximum Gasteiger partial charge on any atom is 0.270 e. The molecule has 32 heavy (non-hydrogen) atoms. The van der Waals surface area contributed by atoms with Crippen LogP contribution in [0.1, 0.15) is 41.7 Å². The van der Waals surface area contributed by atoms with Crippen molar-refractivity contribution in [3.8, 4) is 5.69 Å². The van der Waals surface area contributed by atoms with Gasteiger partial charge in [-0.2, -0.15) is 5.10 Å². The Labute approximate surface area is 194 Å². The number of anilines is 1. The van der Waals surface area contributed by atoms with E-state index in [4.69, 9.17) is 0 Å². The number of nitrogens with zero attached hydrogens (tertiary/aromatic N) is 3. The van der Waals surface area contributed by atoms with E-state index in [2.05, 4.69) is 26.3 Å². The number of carbonyl (C=O) groups excluding carboxylic acids is 2. The van der Waals surface area contributed by atoms with Gasteiger partial charge in [-0.3, -0.25) is 13.9 Å². The monoisotopic (exact) mass is 518 g/mol. The van der Waals surface area contributed by atoms with Crippen LogP contribution in [-0.4, -0.2) is 49.7 Å². The average Bonchev–Trinajstić information content (AvgIpc) is 3.51. The molecule has 8 nitrogen and oxygen atoms in total. The molecule has 0 spiro atoms. The van der Waals surface area contributed by atoms with E-state index in [-0.39, 0.29) is 24.2 Å². The smallest absolute Gasteiger partial charge is 0.270 e. The number of hydrogen-bond acceptors (Lipinski definition) is 5. The Hall–Kier alpha value is -2.72. The molecule has 1 amide bonds. The summed E-state index contributed by atoms with van der Waals surface area (Å²) in [5.74, 6) is -0.378. The number of sulfonamides is 1. The van der Waals surface area contributed by atoms with Crippen molar-refractivity contribution in [2.45, 2.75) is 25.7 Å². The summed E-state index contributed by atoms with van der Waals surface area (Å²) in [7, 11) is -2.14. The first-order valence-electron chi connectivity index (χ1n) is 10.1. The summed E-state index contributed by atoms with van der Waals surface area (Å²) in [6.07, 6.45) is 2.94. The highest BCUT2D eigenvalue weighted by Crippen LogP contribution is 2.46. The Morgan fingerprint density at radius 1 is 1.22 bits per heavy atom. The largest absolute Gasteiger partial charge is 0.354 e. The first-order valence-corrected chi connectivity index (χ1v) is 12.8. The molecule has 168 valence electrons. The summed E-state index contributed by atoms with van der Waals surface area (Å²) in [5, 5.41) is 7.95. The van der Waals surface area contributed by atoms with Crippen molar-refractivity contribution in [3.63, 3.8) is 0 Å². The molecule has 0 unspecified atom stereocenters. The number of ketones is 1. The molecule has 4 rings (SSSR count). The number of rotatable bonds is 7. The van der Waals surface area contributed by atoms with Crippen molar-refractivity contribution < 1.29 is 18.0 Å². The Kier molecular flexibility index (Phi) is 5.85. The highest BCUT2D eigenvalue weighted by Gasteiger charge is 2.33. The molecule has 0 aliphatic heterocycles. The Bertz CT molecular complexity index is 1330. The van der Waals surface area contributed by atoms with Crippen LogP contribution in [-0.2, 0) is 14.8 Å². The van der Waals surface area contributed by atoms with Crippen molar-refractivity contribution >= 4 is 54.2 Å². The van der Waals surface area contributed by atoms with Crippen LogP contribution < -0.4 is 9.62 Å². The minimum Gasteiger partial charge on any atom is -0.354 e. The molecule has 1 fully saturated rings. The zero-order chi connectivity index (χ0) is 23.2. The standard InChI is InChI=1S/C22H23BrN4O4S/c1-13(28)12-26(32(3,30)31)20-11-19-18(10-17(20)14-4-5-14)21(22(29)24-2)27(25-19)16-8-6-15(23)7-9-16/h6-11,14H,4-5,12H2,1-3H3,(H,24,29). The van der Waals surface area contributed by atoms with E-state index in [0.29, 0.717) is 28.0 Å². The molecular formula is C22H23BrN4O4S. The molecular weight excluding hydrogens is 496 g/mol. The molecule has 10 heteroatoms. The van der Waals surface area contributed by atoms with Crippen LogP contribution in [0.4, 0.5) is 5.69 Å². The van der Waals surface area contributed by atoms with Crippen molar-refractivity contribution in [3.05, 3.63) is 52.1 Å². The lowest BCUT2D eigenvalue weighted by molar-refractivity contribution is -0.115. The quantitative estimate of drug-likeness (QED) is 0.516. The number of Topliss-reactive ketones (excluding diaryl/α,β-unsaturated/α-hetero) is 1. The van der Waals surface area contributed by atoms with Gasteiger partial charge in [0.05, 0.1) is 29.7 Å². The SMILES string of the molecule is CNC(=O)c1c2cc(C3CC3)c(N(CC(C)=O)S(C)(=O)=O)cc2nn1-c1ccc(Br)cc1. The average molecular weight is 519 g/mol. The van der Waals surface area contributed by atoms with Gasteiger partial charge in [0, 0.05) is 16.9 Å². The number of amides is 1. The van der Waals surface area contributed by atoms with Crippen LogP contribution in [0.5, 0.6) is 0 Å². The maximum atomic E-state index is 12.8. The predicted octanol–water partition coefficient (Wildman–Crippen LogP) is 3.38. The summed E-state index contributed by atoms with van der Waals surface area (Å²) >= 11 is 3.41. The normalized spacial score (nSPS) is 13.9. The lowest BCUT2D eigenvalue weighted by Gasteiger charge is -2.24. The van der Waals surface area contributed by atoms with Crippen molar-refractivity contribution in [2.24, 2.45) is 0 Å². The van der Waals surface area contributed by atoms with Gasteiger partial charge in [-0.1, -0.05) is 15.9 Å². The van der Waals surface area contributed by atoms with E-state index in [1.807, 2.05) is 30.3 Å². The van der Waals surface area contributed by atoms with Crippen molar-refractivity contribution in [2.75, 3.05) is 24.2 Å². The van der Waals surface area contributed by atoms with Crippen LogP contribution in [0, 0.1) is 0 Å². The fourth-order valence-electron chi connectivity index (χ4n) is 3.76. The van der Waals surface area contributed by atoms with Crippen LogP contribution >= 0.6 is 15.9 Å². The van der Waals surface area contributed by atoms with E-state index < -0.39 is 10.0 Å². The number of nitrogens with one attached hydrogen (secondary N) is 1. The first kappa shape index (κ1) is 22.5. The number of halogens is 1. The fraction of sp³-hybridized carbons (Fsp3) is 0.318.